The number of rotatable bonds is 14. The predicted molar refractivity (Wildman–Crippen MR) is 139 cm³/mol. The van der Waals surface area contributed by atoms with Gasteiger partial charge in [-0.3, -0.25) is 4.98 Å². The first-order chi connectivity index (χ1) is 16.7. The smallest absolute Gasteiger partial charge is 0.343 e. The summed E-state index contributed by atoms with van der Waals surface area (Å²) in [7, 11) is 0. The number of carbonyl (C=O) groups is 1. The Balaban J connectivity index is 1.34. The Morgan fingerprint density at radius 2 is 1.50 bits per heavy atom. The van der Waals surface area contributed by atoms with Crippen LogP contribution in [0.2, 0.25) is 0 Å². The molecule has 1 aliphatic carbocycles. The Morgan fingerprint density at radius 3 is 2.15 bits per heavy atom. The fourth-order valence-electron chi connectivity index (χ4n) is 4.89. The molecule has 0 spiro atoms. The summed E-state index contributed by atoms with van der Waals surface area (Å²) in [6.07, 6.45) is 18.8. The molecule has 0 N–H and O–H groups in total. The van der Waals surface area contributed by atoms with Crippen LogP contribution in [0.3, 0.4) is 0 Å². The molecule has 0 amide bonds. The lowest BCUT2D eigenvalue weighted by atomic mass is 9.78. The Hall–Kier alpha value is -2.36. The van der Waals surface area contributed by atoms with Crippen LogP contribution in [0.4, 0.5) is 0 Å². The van der Waals surface area contributed by atoms with Gasteiger partial charge in [0.1, 0.15) is 11.5 Å². The van der Waals surface area contributed by atoms with Gasteiger partial charge in [0, 0.05) is 5.69 Å². The summed E-state index contributed by atoms with van der Waals surface area (Å²) in [5.74, 6) is 2.67. The molecule has 0 saturated heterocycles. The molecule has 1 fully saturated rings. The van der Waals surface area contributed by atoms with Crippen LogP contribution in [0, 0.1) is 11.8 Å². The molecule has 3 rings (SSSR count). The molecule has 1 heterocycles. The van der Waals surface area contributed by atoms with Gasteiger partial charge in [-0.05, 0) is 67.5 Å². The van der Waals surface area contributed by atoms with Crippen molar-refractivity contribution in [2.75, 3.05) is 6.61 Å². The summed E-state index contributed by atoms with van der Waals surface area (Å²) in [6, 6.07) is 10.9. The van der Waals surface area contributed by atoms with Crippen molar-refractivity contribution in [2.24, 2.45) is 11.8 Å². The minimum Gasteiger partial charge on any atom is -0.494 e. The van der Waals surface area contributed by atoms with Gasteiger partial charge in [0.05, 0.1) is 18.4 Å². The van der Waals surface area contributed by atoms with E-state index in [2.05, 4.69) is 18.8 Å². The molecule has 0 bridgehead atoms. The van der Waals surface area contributed by atoms with E-state index in [0.717, 1.165) is 36.1 Å². The van der Waals surface area contributed by atoms with Crippen LogP contribution in [0.5, 0.6) is 11.5 Å². The lowest BCUT2D eigenvalue weighted by Gasteiger charge is -2.28. The monoisotopic (exact) mass is 465 g/mol. The number of unbranched alkanes of at least 4 members (excludes halogenated alkanes) is 4. The molecule has 4 heteroatoms. The van der Waals surface area contributed by atoms with Crippen LogP contribution in [-0.2, 0) is 6.42 Å². The van der Waals surface area contributed by atoms with Crippen LogP contribution >= 0.6 is 0 Å². The third-order valence-corrected chi connectivity index (χ3v) is 7.06. The molecule has 0 unspecified atom stereocenters. The van der Waals surface area contributed by atoms with E-state index in [1.54, 1.807) is 30.5 Å². The Labute approximate surface area is 206 Å². The number of aromatic nitrogens is 1. The maximum Gasteiger partial charge on any atom is 0.343 e. The fraction of sp³-hybridized carbons (Fsp3) is 0.600. The zero-order chi connectivity index (χ0) is 24.0. The SMILES string of the molecule is CCCCCCCC1CCC(CCc2ccc(OC(=O)c3ccc(OCCC)cc3)cn2)CC1. The highest BCUT2D eigenvalue weighted by molar-refractivity contribution is 5.91. The first-order valence-electron chi connectivity index (χ1n) is 13.6. The fourth-order valence-corrected chi connectivity index (χ4v) is 4.89. The van der Waals surface area contributed by atoms with Crippen molar-refractivity contribution < 1.29 is 14.3 Å². The number of pyridine rings is 1. The second-order valence-electron chi connectivity index (χ2n) is 9.88. The average Bonchev–Trinajstić information content (AvgIpc) is 2.88. The number of hydrogen-bond donors (Lipinski definition) is 0. The number of carbonyl (C=O) groups excluding carboxylic acids is 1. The summed E-state index contributed by atoms with van der Waals surface area (Å²) < 4.78 is 11.1. The largest absolute Gasteiger partial charge is 0.494 e. The Kier molecular flexibility index (Phi) is 11.4. The molecule has 1 aromatic carbocycles. The van der Waals surface area contributed by atoms with Gasteiger partial charge in [0.15, 0.2) is 0 Å². The quantitative estimate of drug-likeness (QED) is 0.208. The van der Waals surface area contributed by atoms with Crippen LogP contribution in [0.15, 0.2) is 42.6 Å². The summed E-state index contributed by atoms with van der Waals surface area (Å²) >= 11 is 0. The van der Waals surface area contributed by atoms with Crippen molar-refractivity contribution in [3.05, 3.63) is 53.9 Å². The zero-order valence-electron chi connectivity index (χ0n) is 21.3. The first-order valence-corrected chi connectivity index (χ1v) is 13.6. The van der Waals surface area contributed by atoms with Crippen molar-refractivity contribution >= 4 is 5.97 Å². The molecular formula is C30H43NO3. The minimum absolute atomic E-state index is 0.376. The van der Waals surface area contributed by atoms with E-state index in [0.29, 0.717) is 17.9 Å². The molecule has 1 saturated carbocycles. The van der Waals surface area contributed by atoms with Gasteiger partial charge in [-0.1, -0.05) is 78.1 Å². The van der Waals surface area contributed by atoms with E-state index in [-0.39, 0.29) is 5.97 Å². The highest BCUT2D eigenvalue weighted by Crippen LogP contribution is 2.34. The second kappa shape index (κ2) is 14.8. The molecule has 0 radical (unpaired) electrons. The van der Waals surface area contributed by atoms with Crippen molar-refractivity contribution in [1.29, 1.82) is 0 Å². The van der Waals surface area contributed by atoms with Crippen molar-refractivity contribution in [2.45, 2.75) is 97.3 Å². The molecular weight excluding hydrogens is 422 g/mol. The van der Waals surface area contributed by atoms with Crippen molar-refractivity contribution in [3.63, 3.8) is 0 Å². The van der Waals surface area contributed by atoms with E-state index in [1.807, 2.05) is 12.1 Å². The molecule has 1 aromatic heterocycles. The van der Waals surface area contributed by atoms with Gasteiger partial charge in [-0.2, -0.15) is 0 Å². The zero-order valence-corrected chi connectivity index (χ0v) is 21.3. The topological polar surface area (TPSA) is 48.4 Å². The van der Waals surface area contributed by atoms with Gasteiger partial charge in [0.25, 0.3) is 0 Å². The van der Waals surface area contributed by atoms with Crippen molar-refractivity contribution in [1.82, 2.24) is 4.98 Å². The Morgan fingerprint density at radius 1 is 0.824 bits per heavy atom. The third-order valence-electron chi connectivity index (χ3n) is 7.06. The summed E-state index contributed by atoms with van der Waals surface area (Å²) in [5.41, 5.74) is 1.58. The third kappa shape index (κ3) is 9.12. The molecule has 1 aliphatic rings. The highest BCUT2D eigenvalue weighted by Gasteiger charge is 2.20. The number of esters is 1. The van der Waals surface area contributed by atoms with E-state index in [4.69, 9.17) is 9.47 Å². The van der Waals surface area contributed by atoms with Gasteiger partial charge in [0.2, 0.25) is 0 Å². The Bertz CT molecular complexity index is 823. The van der Waals surface area contributed by atoms with Crippen LogP contribution in [0.1, 0.15) is 107 Å². The molecule has 34 heavy (non-hydrogen) atoms. The lowest BCUT2D eigenvalue weighted by molar-refractivity contribution is 0.0734. The van der Waals surface area contributed by atoms with Crippen LogP contribution in [-0.4, -0.2) is 17.6 Å². The number of benzene rings is 1. The minimum atomic E-state index is -0.376. The lowest BCUT2D eigenvalue weighted by Crippen LogP contribution is -2.15. The summed E-state index contributed by atoms with van der Waals surface area (Å²) in [4.78, 5) is 16.9. The van der Waals surface area contributed by atoms with Crippen LogP contribution in [0.25, 0.3) is 0 Å². The van der Waals surface area contributed by atoms with Gasteiger partial charge in [-0.25, -0.2) is 4.79 Å². The van der Waals surface area contributed by atoms with E-state index < -0.39 is 0 Å². The summed E-state index contributed by atoms with van der Waals surface area (Å²) in [6.45, 7) is 5.01. The maximum atomic E-state index is 12.4. The first kappa shape index (κ1) is 26.2. The number of nitrogens with zero attached hydrogens (tertiary/aromatic N) is 1. The van der Waals surface area contributed by atoms with E-state index in [1.165, 1.54) is 70.6 Å². The standard InChI is InChI=1S/C30H43NO3/c1-3-5-6-7-8-9-24-10-12-25(13-11-24)14-17-27-18-21-29(23-31-27)34-30(32)26-15-19-28(20-16-26)33-22-4-2/h15-16,18-21,23-25H,3-14,17,22H2,1-2H3. The van der Waals surface area contributed by atoms with Gasteiger partial charge in [-0.15, -0.1) is 0 Å². The normalized spacial score (nSPS) is 17.9. The van der Waals surface area contributed by atoms with E-state index >= 15 is 0 Å². The number of hydrogen-bond acceptors (Lipinski definition) is 4. The highest BCUT2D eigenvalue weighted by atomic mass is 16.5. The maximum absolute atomic E-state index is 12.4. The van der Waals surface area contributed by atoms with Gasteiger partial charge < -0.3 is 9.47 Å². The van der Waals surface area contributed by atoms with Gasteiger partial charge >= 0.3 is 5.97 Å². The number of ether oxygens (including phenoxy) is 2. The molecule has 0 aliphatic heterocycles. The average molecular weight is 466 g/mol. The molecule has 2 aromatic rings. The summed E-state index contributed by atoms with van der Waals surface area (Å²) in [5, 5.41) is 0. The molecule has 0 atom stereocenters. The van der Waals surface area contributed by atoms with Crippen molar-refractivity contribution in [3.8, 4) is 11.5 Å². The number of aryl methyl sites for hydroxylation is 1. The molecule has 4 nitrogen and oxygen atoms in total. The predicted octanol–water partition coefficient (Wildman–Crippen LogP) is 8.19. The van der Waals surface area contributed by atoms with E-state index in [9.17, 15) is 4.79 Å². The van der Waals surface area contributed by atoms with Crippen LogP contribution < -0.4 is 9.47 Å². The second-order valence-corrected chi connectivity index (χ2v) is 9.88. The molecule has 186 valence electrons.